The third kappa shape index (κ3) is 7.26. The Kier molecular flexibility index (Phi) is 11.0. The second kappa shape index (κ2) is 13.9. The van der Waals surface area contributed by atoms with Crippen LogP contribution in [0.2, 0.25) is 0 Å². The zero-order valence-corrected chi connectivity index (χ0v) is 23.8. The van der Waals surface area contributed by atoms with Crippen LogP contribution in [0.4, 0.5) is 0 Å². The molecule has 1 saturated heterocycles. The first-order valence-electron chi connectivity index (χ1n) is 13.0. The fourth-order valence-corrected chi connectivity index (χ4v) is 5.36. The molecule has 0 spiro atoms. The number of piperidine rings is 1. The predicted octanol–water partition coefficient (Wildman–Crippen LogP) is 5.79. The fraction of sp³-hybridized carbons (Fsp3) is 0.400. The summed E-state index contributed by atoms with van der Waals surface area (Å²) < 4.78 is 7.68. The van der Waals surface area contributed by atoms with Crippen LogP contribution in [-0.2, 0) is 26.1 Å². The van der Waals surface area contributed by atoms with Crippen molar-refractivity contribution in [2.45, 2.75) is 45.3 Å². The Labute approximate surface area is 237 Å². The molecule has 1 aliphatic rings. The molecular formula is C30H38Cl2N4O2. The van der Waals surface area contributed by atoms with Gasteiger partial charge in [0.05, 0.1) is 12.2 Å². The van der Waals surface area contributed by atoms with Crippen LogP contribution in [0.15, 0.2) is 76.2 Å². The molecule has 1 fully saturated rings. The lowest BCUT2D eigenvalue weighted by Gasteiger charge is -2.32. The van der Waals surface area contributed by atoms with E-state index in [2.05, 4.69) is 71.5 Å². The van der Waals surface area contributed by atoms with Crippen molar-refractivity contribution in [3.63, 3.8) is 0 Å². The molecule has 2 aromatic carbocycles. The van der Waals surface area contributed by atoms with E-state index in [4.69, 9.17) is 4.52 Å². The molecule has 0 bridgehead atoms. The molecule has 0 saturated carbocycles. The summed E-state index contributed by atoms with van der Waals surface area (Å²) >= 11 is 0. The van der Waals surface area contributed by atoms with Gasteiger partial charge in [0.2, 0.25) is 0 Å². The highest BCUT2D eigenvalue weighted by atomic mass is 35.5. The molecule has 0 unspecified atom stereocenters. The molecule has 5 rings (SSSR count). The minimum atomic E-state index is 0. The second-order valence-electron chi connectivity index (χ2n) is 10.4. The second-order valence-corrected chi connectivity index (χ2v) is 10.4. The normalized spacial score (nSPS) is 14.4. The molecule has 0 radical (unpaired) electrons. The number of benzene rings is 2. The number of aromatic nitrogens is 2. The van der Waals surface area contributed by atoms with E-state index in [0.29, 0.717) is 6.54 Å². The molecule has 0 amide bonds. The average molecular weight is 558 g/mol. The van der Waals surface area contributed by atoms with E-state index >= 15 is 0 Å². The molecule has 1 aliphatic heterocycles. The molecule has 8 heteroatoms. The van der Waals surface area contributed by atoms with Crippen LogP contribution in [0, 0.1) is 5.92 Å². The van der Waals surface area contributed by atoms with E-state index in [1.165, 1.54) is 18.4 Å². The molecule has 4 aromatic rings. The van der Waals surface area contributed by atoms with Gasteiger partial charge in [0, 0.05) is 36.3 Å². The van der Waals surface area contributed by atoms with Gasteiger partial charge in [-0.2, -0.15) is 0 Å². The van der Waals surface area contributed by atoms with Crippen molar-refractivity contribution in [3.8, 4) is 0 Å². The highest BCUT2D eigenvalue weighted by molar-refractivity contribution is 5.85. The van der Waals surface area contributed by atoms with Crippen LogP contribution in [0.5, 0.6) is 0 Å². The Hall–Kier alpha value is -2.64. The van der Waals surface area contributed by atoms with Crippen LogP contribution in [0.1, 0.15) is 41.6 Å². The number of pyridine rings is 1. The zero-order chi connectivity index (χ0) is 24.9. The maximum Gasteiger partial charge on any atom is 0.250 e. The van der Waals surface area contributed by atoms with Crippen molar-refractivity contribution in [3.05, 3.63) is 99.6 Å². The Morgan fingerprint density at radius 2 is 1.68 bits per heavy atom. The first kappa shape index (κ1) is 29.9. The van der Waals surface area contributed by atoms with Gasteiger partial charge in [0.25, 0.3) is 5.56 Å². The van der Waals surface area contributed by atoms with Gasteiger partial charge < -0.3 is 14.0 Å². The van der Waals surface area contributed by atoms with Crippen LogP contribution in [0.25, 0.3) is 11.0 Å². The number of hydrogen-bond donors (Lipinski definition) is 0. The molecule has 2 aromatic heterocycles. The Balaban J connectivity index is 0.00000200. The molecule has 0 aliphatic carbocycles. The van der Waals surface area contributed by atoms with Gasteiger partial charge in [-0.15, -0.1) is 24.8 Å². The monoisotopic (exact) mass is 556 g/mol. The summed E-state index contributed by atoms with van der Waals surface area (Å²) in [7, 11) is 4.11. The number of rotatable bonds is 9. The van der Waals surface area contributed by atoms with E-state index in [1.54, 1.807) is 16.7 Å². The van der Waals surface area contributed by atoms with E-state index in [-0.39, 0.29) is 30.4 Å². The number of aryl methyl sites for hydroxylation is 1. The van der Waals surface area contributed by atoms with E-state index in [9.17, 15) is 4.79 Å². The summed E-state index contributed by atoms with van der Waals surface area (Å²) in [5, 5.41) is 5.62. The Bertz CT molecular complexity index is 1350. The third-order valence-electron chi connectivity index (χ3n) is 7.38. The fourth-order valence-electron chi connectivity index (χ4n) is 5.36. The molecule has 38 heavy (non-hydrogen) atoms. The number of likely N-dealkylation sites (tertiary alicyclic amines) is 1. The summed E-state index contributed by atoms with van der Waals surface area (Å²) in [5.74, 6) is 0.731. The standard InChI is InChI=1S/C30H36N4O2.2ClH/c1-32(2)22-27-25(21-34-17-7-6-10-29(34)35)12-13-26-28(31-36-30(26)27)14-11-23-15-18-33(19-16-23)20-24-8-4-3-5-9-24;;/h3-10,12-13,17,23H,11,14-16,18-22H2,1-2H3;2*1H. The van der Waals surface area contributed by atoms with Crippen LogP contribution in [-0.4, -0.2) is 46.7 Å². The maximum absolute atomic E-state index is 12.3. The lowest BCUT2D eigenvalue weighted by molar-refractivity contribution is 0.172. The summed E-state index contributed by atoms with van der Waals surface area (Å²) in [6.07, 6.45) is 6.40. The summed E-state index contributed by atoms with van der Waals surface area (Å²) in [4.78, 5) is 17.0. The molecule has 0 N–H and O–H groups in total. The largest absolute Gasteiger partial charge is 0.356 e. The van der Waals surface area contributed by atoms with Gasteiger partial charge in [0.1, 0.15) is 0 Å². The summed E-state index contributed by atoms with van der Waals surface area (Å²) in [6.45, 7) is 4.63. The summed E-state index contributed by atoms with van der Waals surface area (Å²) in [5.41, 5.74) is 5.52. The summed E-state index contributed by atoms with van der Waals surface area (Å²) in [6, 6.07) is 20.3. The molecule has 204 valence electrons. The Morgan fingerprint density at radius 3 is 2.39 bits per heavy atom. The molecule has 0 atom stereocenters. The van der Waals surface area contributed by atoms with Gasteiger partial charge >= 0.3 is 0 Å². The van der Waals surface area contributed by atoms with Crippen molar-refractivity contribution in [2.75, 3.05) is 27.2 Å². The highest BCUT2D eigenvalue weighted by Crippen LogP contribution is 2.30. The van der Waals surface area contributed by atoms with Crippen molar-refractivity contribution in [2.24, 2.45) is 5.92 Å². The lowest BCUT2D eigenvalue weighted by Crippen LogP contribution is -2.33. The number of halogens is 2. The zero-order valence-electron chi connectivity index (χ0n) is 22.2. The van der Waals surface area contributed by atoms with Gasteiger partial charge in [-0.1, -0.05) is 47.6 Å². The minimum Gasteiger partial charge on any atom is -0.356 e. The molecule has 6 nitrogen and oxygen atoms in total. The van der Waals surface area contributed by atoms with E-state index in [0.717, 1.165) is 72.7 Å². The van der Waals surface area contributed by atoms with Gasteiger partial charge in [-0.3, -0.25) is 9.69 Å². The molecule has 3 heterocycles. The topological polar surface area (TPSA) is 54.5 Å². The van der Waals surface area contributed by atoms with Crippen LogP contribution < -0.4 is 5.56 Å². The first-order valence-corrected chi connectivity index (χ1v) is 13.0. The van der Waals surface area contributed by atoms with Crippen molar-refractivity contribution in [1.29, 1.82) is 0 Å². The third-order valence-corrected chi connectivity index (χ3v) is 7.38. The van der Waals surface area contributed by atoms with Gasteiger partial charge in [-0.25, -0.2) is 0 Å². The van der Waals surface area contributed by atoms with Gasteiger partial charge in [-0.05, 0) is 82.0 Å². The van der Waals surface area contributed by atoms with Crippen LogP contribution in [0.3, 0.4) is 0 Å². The lowest BCUT2D eigenvalue weighted by atomic mass is 9.90. The average Bonchev–Trinajstić information content (AvgIpc) is 3.30. The number of fused-ring (bicyclic) bond motifs is 1. The predicted molar refractivity (Wildman–Crippen MR) is 158 cm³/mol. The minimum absolute atomic E-state index is 0. The van der Waals surface area contributed by atoms with Crippen molar-refractivity contribution >= 4 is 35.8 Å². The highest BCUT2D eigenvalue weighted by Gasteiger charge is 2.21. The maximum atomic E-state index is 12.3. The van der Waals surface area contributed by atoms with E-state index in [1.807, 2.05) is 12.3 Å². The SMILES string of the molecule is CN(C)Cc1c(Cn2ccccc2=O)ccc2c(CCC3CCN(Cc4ccccc4)CC3)noc12.Cl.Cl. The smallest absolute Gasteiger partial charge is 0.250 e. The van der Waals surface area contributed by atoms with Crippen molar-refractivity contribution in [1.82, 2.24) is 19.5 Å². The number of hydrogen-bond acceptors (Lipinski definition) is 5. The van der Waals surface area contributed by atoms with Crippen molar-refractivity contribution < 1.29 is 4.52 Å². The molecular weight excluding hydrogens is 519 g/mol. The first-order chi connectivity index (χ1) is 17.6. The van der Waals surface area contributed by atoms with Crippen LogP contribution >= 0.6 is 24.8 Å². The quantitative estimate of drug-likeness (QED) is 0.261. The van der Waals surface area contributed by atoms with E-state index < -0.39 is 0 Å². The number of nitrogens with zero attached hydrogens (tertiary/aromatic N) is 4. The Morgan fingerprint density at radius 1 is 0.947 bits per heavy atom. The van der Waals surface area contributed by atoms with Gasteiger partial charge in [0.15, 0.2) is 5.58 Å².